The number of hydrogen-bond donors (Lipinski definition) is 2. The summed E-state index contributed by atoms with van der Waals surface area (Å²) >= 11 is 0. The predicted molar refractivity (Wildman–Crippen MR) is 83.5 cm³/mol. The van der Waals surface area contributed by atoms with Gasteiger partial charge in [0.05, 0.1) is 6.42 Å². The molecule has 1 unspecified atom stereocenters. The minimum absolute atomic E-state index is 0.0411. The van der Waals surface area contributed by atoms with Gasteiger partial charge in [-0.25, -0.2) is 0 Å². The van der Waals surface area contributed by atoms with Crippen molar-refractivity contribution in [2.24, 2.45) is 5.92 Å². The Kier molecular flexibility index (Phi) is 5.87. The van der Waals surface area contributed by atoms with Gasteiger partial charge in [-0.15, -0.1) is 0 Å². The summed E-state index contributed by atoms with van der Waals surface area (Å²) in [5, 5.41) is 5.84. The molecule has 1 heterocycles. The maximum Gasteiger partial charge on any atom is 0.390 e. The molecule has 128 valence electrons. The molecule has 4 nitrogen and oxygen atoms in total. The molecular weight excluding hydrogens is 307 g/mol. The van der Waals surface area contributed by atoms with Crippen LogP contribution in [0.15, 0.2) is 24.3 Å². The van der Waals surface area contributed by atoms with E-state index in [-0.39, 0.29) is 18.4 Å². The monoisotopic (exact) mass is 329 g/mol. The molecule has 1 amide bonds. The van der Waals surface area contributed by atoms with E-state index in [0.717, 1.165) is 12.1 Å². The second-order valence-electron chi connectivity index (χ2n) is 5.86. The molecule has 1 aliphatic heterocycles. The summed E-state index contributed by atoms with van der Waals surface area (Å²) in [5.41, 5.74) is 1.51. The molecule has 2 N–H and O–H groups in total. The molecule has 1 aromatic carbocycles. The van der Waals surface area contributed by atoms with Gasteiger partial charge in [0.25, 0.3) is 5.91 Å². The van der Waals surface area contributed by atoms with Gasteiger partial charge in [-0.05, 0) is 43.1 Å². The second kappa shape index (κ2) is 7.68. The van der Waals surface area contributed by atoms with Crippen LogP contribution >= 0.6 is 0 Å². The van der Waals surface area contributed by atoms with Gasteiger partial charge in [-0.1, -0.05) is 0 Å². The number of halogens is 3. The van der Waals surface area contributed by atoms with Crippen LogP contribution in [-0.2, 0) is 0 Å². The van der Waals surface area contributed by atoms with Gasteiger partial charge in [-0.2, -0.15) is 13.2 Å². The van der Waals surface area contributed by atoms with E-state index in [4.69, 9.17) is 0 Å². The van der Waals surface area contributed by atoms with Gasteiger partial charge in [0.2, 0.25) is 0 Å². The number of nitrogens with zero attached hydrogens (tertiary/aromatic N) is 1. The molecule has 0 bridgehead atoms. The lowest BCUT2D eigenvalue weighted by atomic mass is 10.1. The van der Waals surface area contributed by atoms with E-state index >= 15 is 0 Å². The zero-order chi connectivity index (χ0) is 16.9. The molecule has 7 heteroatoms. The minimum Gasteiger partial charge on any atom is -0.388 e. The van der Waals surface area contributed by atoms with Crippen molar-refractivity contribution in [3.05, 3.63) is 29.8 Å². The van der Waals surface area contributed by atoms with E-state index in [0.29, 0.717) is 25.2 Å². The van der Waals surface area contributed by atoms with Crippen molar-refractivity contribution in [2.75, 3.05) is 38.5 Å². The molecule has 1 atom stereocenters. The number of hydrogen-bond acceptors (Lipinski definition) is 3. The Balaban J connectivity index is 1.72. The number of carbonyl (C=O) groups is 1. The number of carbonyl (C=O) groups excluding carboxylic acids is 1. The third-order valence-corrected chi connectivity index (χ3v) is 4.07. The van der Waals surface area contributed by atoms with Gasteiger partial charge >= 0.3 is 6.18 Å². The molecule has 1 aromatic rings. The lowest BCUT2D eigenvalue weighted by Crippen LogP contribution is -2.31. The summed E-state index contributed by atoms with van der Waals surface area (Å²) in [5.74, 6) is 0.0603. The second-order valence-corrected chi connectivity index (χ2v) is 5.86. The van der Waals surface area contributed by atoms with Crippen LogP contribution in [0.1, 0.15) is 23.2 Å². The van der Waals surface area contributed by atoms with Gasteiger partial charge in [0.15, 0.2) is 0 Å². The fourth-order valence-corrected chi connectivity index (χ4v) is 2.69. The third kappa shape index (κ3) is 5.74. The Hall–Kier alpha value is -1.76. The van der Waals surface area contributed by atoms with Crippen LogP contribution < -0.4 is 10.6 Å². The highest BCUT2D eigenvalue weighted by molar-refractivity contribution is 5.94. The average Bonchev–Trinajstić information content (AvgIpc) is 2.98. The van der Waals surface area contributed by atoms with Crippen molar-refractivity contribution in [1.29, 1.82) is 0 Å². The Bertz CT molecular complexity index is 516. The van der Waals surface area contributed by atoms with E-state index in [1.165, 1.54) is 0 Å². The Labute approximate surface area is 134 Å². The molecule has 2 rings (SSSR count). The summed E-state index contributed by atoms with van der Waals surface area (Å²) in [7, 11) is 1.81. The first kappa shape index (κ1) is 17.6. The molecule has 0 spiro atoms. The van der Waals surface area contributed by atoms with Crippen molar-refractivity contribution in [3.63, 3.8) is 0 Å². The quantitative estimate of drug-likeness (QED) is 0.843. The lowest BCUT2D eigenvalue weighted by molar-refractivity contribution is -0.137. The number of benzene rings is 1. The van der Waals surface area contributed by atoms with Crippen LogP contribution in [0.4, 0.5) is 18.9 Å². The van der Waals surface area contributed by atoms with E-state index in [9.17, 15) is 18.0 Å². The SMILES string of the molecule is CNc1ccc(C(=O)NCC2CCN(CCC(F)(F)F)C2)cc1. The number of amides is 1. The maximum atomic E-state index is 12.2. The summed E-state index contributed by atoms with van der Waals surface area (Å²) in [6.07, 6.45) is -4.06. The summed E-state index contributed by atoms with van der Waals surface area (Å²) < 4.78 is 36.6. The first-order chi connectivity index (χ1) is 10.9. The lowest BCUT2D eigenvalue weighted by Gasteiger charge is -2.17. The maximum absolute atomic E-state index is 12.2. The van der Waals surface area contributed by atoms with Crippen LogP contribution in [0.3, 0.4) is 0 Å². The fourth-order valence-electron chi connectivity index (χ4n) is 2.69. The van der Waals surface area contributed by atoms with Crippen LogP contribution in [-0.4, -0.2) is 50.2 Å². The van der Waals surface area contributed by atoms with Crippen LogP contribution in [0.5, 0.6) is 0 Å². The zero-order valence-electron chi connectivity index (χ0n) is 13.1. The summed E-state index contributed by atoms with van der Waals surface area (Å²) in [6.45, 7) is 1.80. The topological polar surface area (TPSA) is 44.4 Å². The normalized spacial score (nSPS) is 18.9. The van der Waals surface area contributed by atoms with Crippen LogP contribution in [0, 0.1) is 5.92 Å². The van der Waals surface area contributed by atoms with Crippen molar-refractivity contribution < 1.29 is 18.0 Å². The van der Waals surface area contributed by atoms with Crippen molar-refractivity contribution in [1.82, 2.24) is 10.2 Å². The number of rotatable bonds is 6. The Morgan fingerprint density at radius 1 is 1.30 bits per heavy atom. The fraction of sp³-hybridized carbons (Fsp3) is 0.562. The molecule has 1 saturated heterocycles. The van der Waals surface area contributed by atoms with E-state index in [1.807, 2.05) is 17.0 Å². The van der Waals surface area contributed by atoms with Gasteiger partial charge in [0, 0.05) is 37.9 Å². The standard InChI is InChI=1S/C16H22F3N3O/c1-20-14-4-2-13(3-5-14)15(23)21-10-12-6-8-22(11-12)9-7-16(17,18)19/h2-5,12,20H,6-11H2,1H3,(H,21,23). The molecule has 1 fully saturated rings. The van der Waals surface area contributed by atoms with Crippen LogP contribution in [0.2, 0.25) is 0 Å². The average molecular weight is 329 g/mol. The third-order valence-electron chi connectivity index (χ3n) is 4.07. The van der Waals surface area contributed by atoms with Crippen molar-refractivity contribution in [3.8, 4) is 0 Å². The minimum atomic E-state index is -4.11. The first-order valence-electron chi connectivity index (χ1n) is 7.72. The zero-order valence-corrected chi connectivity index (χ0v) is 13.1. The smallest absolute Gasteiger partial charge is 0.388 e. The summed E-state index contributed by atoms with van der Waals surface area (Å²) in [6, 6.07) is 7.13. The van der Waals surface area contributed by atoms with Crippen molar-refractivity contribution in [2.45, 2.75) is 19.0 Å². The first-order valence-corrected chi connectivity index (χ1v) is 7.72. The molecule has 0 radical (unpaired) electrons. The Morgan fingerprint density at radius 2 is 2.00 bits per heavy atom. The number of alkyl halides is 3. The number of anilines is 1. The van der Waals surface area contributed by atoms with Gasteiger partial charge < -0.3 is 15.5 Å². The van der Waals surface area contributed by atoms with Gasteiger partial charge in [-0.3, -0.25) is 4.79 Å². The summed E-state index contributed by atoms with van der Waals surface area (Å²) in [4.78, 5) is 13.9. The Morgan fingerprint density at radius 3 is 2.61 bits per heavy atom. The highest BCUT2D eigenvalue weighted by Gasteiger charge is 2.30. The molecule has 23 heavy (non-hydrogen) atoms. The largest absolute Gasteiger partial charge is 0.390 e. The molecule has 0 aromatic heterocycles. The highest BCUT2D eigenvalue weighted by Crippen LogP contribution is 2.22. The number of nitrogens with one attached hydrogen (secondary N) is 2. The predicted octanol–water partition coefficient (Wildman–Crippen LogP) is 2.73. The molecular formula is C16H22F3N3O. The number of likely N-dealkylation sites (tertiary alicyclic amines) is 1. The molecule has 0 saturated carbocycles. The van der Waals surface area contributed by atoms with E-state index < -0.39 is 12.6 Å². The molecule has 0 aliphatic carbocycles. The van der Waals surface area contributed by atoms with Gasteiger partial charge in [0.1, 0.15) is 0 Å². The van der Waals surface area contributed by atoms with E-state index in [1.54, 1.807) is 19.2 Å². The van der Waals surface area contributed by atoms with Crippen molar-refractivity contribution >= 4 is 11.6 Å². The highest BCUT2D eigenvalue weighted by atomic mass is 19.4. The van der Waals surface area contributed by atoms with E-state index in [2.05, 4.69) is 10.6 Å². The van der Waals surface area contributed by atoms with Crippen LogP contribution in [0.25, 0.3) is 0 Å². The molecule has 1 aliphatic rings.